The van der Waals surface area contributed by atoms with E-state index >= 15 is 0 Å². The quantitative estimate of drug-likeness (QED) is 0.463. The number of aliphatic hydroxyl groups excluding tert-OH is 1. The first-order chi connectivity index (χ1) is 15.9. The second-order valence-corrected chi connectivity index (χ2v) is 11.0. The van der Waals surface area contributed by atoms with Gasteiger partial charge in [0.15, 0.2) is 0 Å². The van der Waals surface area contributed by atoms with Gasteiger partial charge in [0.1, 0.15) is 10.6 Å². The lowest BCUT2D eigenvalue weighted by atomic mass is 10.1. The summed E-state index contributed by atoms with van der Waals surface area (Å²) in [4.78, 5) is 12.1. The number of hydrogen-bond acceptors (Lipinski definition) is 6. The first-order valence-electron chi connectivity index (χ1n) is 10.5. The van der Waals surface area contributed by atoms with Gasteiger partial charge in [-0.25, -0.2) is 13.2 Å². The van der Waals surface area contributed by atoms with E-state index in [1.165, 1.54) is 34.6 Å². The summed E-state index contributed by atoms with van der Waals surface area (Å²) in [5.41, 5.74) is 0.437. The number of carboxylic acids is 1. The molecule has 2 heterocycles. The van der Waals surface area contributed by atoms with Crippen molar-refractivity contribution in [1.82, 2.24) is 4.31 Å². The standard InChI is InChI=1S/C22H24F3NO6S2/c23-22(24,25)32-18-4-1-3-15(14-18)13-17(27)7-6-16-10-12-34(30,31)26(16)11-2-5-19-8-9-20(33-19)21(28)29/h1,3-4,6-9,14,16-17,27H,2,5,10-13H2,(H,28,29)/b7-6+/t16-,17?/m0/s1. The van der Waals surface area contributed by atoms with Crippen molar-refractivity contribution in [1.29, 1.82) is 0 Å². The van der Waals surface area contributed by atoms with Crippen LogP contribution in [-0.4, -0.2) is 59.7 Å². The van der Waals surface area contributed by atoms with Gasteiger partial charge in [-0.2, -0.15) is 4.31 Å². The fourth-order valence-corrected chi connectivity index (χ4v) is 6.36. The van der Waals surface area contributed by atoms with E-state index in [1.807, 2.05) is 0 Å². The minimum absolute atomic E-state index is 0.0168. The van der Waals surface area contributed by atoms with Crippen LogP contribution in [0.25, 0.3) is 0 Å². The summed E-state index contributed by atoms with van der Waals surface area (Å²) < 4.78 is 67.3. The molecule has 2 N–H and O–H groups in total. The van der Waals surface area contributed by atoms with E-state index in [4.69, 9.17) is 5.11 Å². The predicted molar refractivity (Wildman–Crippen MR) is 120 cm³/mol. The van der Waals surface area contributed by atoms with E-state index in [9.17, 15) is 31.5 Å². The lowest BCUT2D eigenvalue weighted by Crippen LogP contribution is -2.33. The van der Waals surface area contributed by atoms with Crippen LogP contribution in [0.15, 0.2) is 48.6 Å². The van der Waals surface area contributed by atoms with Gasteiger partial charge >= 0.3 is 12.3 Å². The molecule has 1 aromatic heterocycles. The Balaban J connectivity index is 1.56. The lowest BCUT2D eigenvalue weighted by molar-refractivity contribution is -0.274. The maximum atomic E-state index is 12.4. The van der Waals surface area contributed by atoms with Crippen LogP contribution in [0.4, 0.5) is 13.2 Å². The second kappa shape index (κ2) is 10.9. The maximum Gasteiger partial charge on any atom is 0.573 e. The Morgan fingerprint density at radius 3 is 2.74 bits per heavy atom. The number of ether oxygens (including phenoxy) is 1. The molecule has 1 aliphatic rings. The van der Waals surface area contributed by atoms with Crippen molar-refractivity contribution in [2.75, 3.05) is 12.3 Å². The highest BCUT2D eigenvalue weighted by Gasteiger charge is 2.35. The highest BCUT2D eigenvalue weighted by atomic mass is 32.2. The SMILES string of the molecule is O=C(O)c1ccc(CCCN2[C@@H](/C=C/C(O)Cc3cccc(OC(F)(F)F)c3)CCS2(=O)=O)s1. The van der Waals surface area contributed by atoms with Crippen LogP contribution in [0.2, 0.25) is 0 Å². The van der Waals surface area contributed by atoms with E-state index in [1.54, 1.807) is 18.2 Å². The number of halogens is 3. The van der Waals surface area contributed by atoms with Gasteiger partial charge in [0, 0.05) is 23.9 Å². The lowest BCUT2D eigenvalue weighted by Gasteiger charge is -2.20. The zero-order valence-electron chi connectivity index (χ0n) is 17.9. The predicted octanol–water partition coefficient (Wildman–Crippen LogP) is 3.84. The number of thiophene rings is 1. The van der Waals surface area contributed by atoms with Crippen molar-refractivity contribution in [2.45, 2.75) is 44.2 Å². The second-order valence-electron chi connectivity index (χ2n) is 7.81. The summed E-state index contributed by atoms with van der Waals surface area (Å²) in [6.45, 7) is 0.255. The first kappa shape index (κ1) is 26.2. The van der Waals surface area contributed by atoms with Crippen molar-refractivity contribution in [3.05, 3.63) is 63.9 Å². The van der Waals surface area contributed by atoms with Gasteiger partial charge < -0.3 is 14.9 Å². The van der Waals surface area contributed by atoms with E-state index in [0.29, 0.717) is 24.8 Å². The number of carbonyl (C=O) groups is 1. The molecule has 1 fully saturated rings. The molecule has 1 aliphatic heterocycles. The maximum absolute atomic E-state index is 12.4. The molecular weight excluding hydrogens is 495 g/mol. The van der Waals surface area contributed by atoms with Gasteiger partial charge in [-0.15, -0.1) is 24.5 Å². The van der Waals surface area contributed by atoms with Crippen molar-refractivity contribution in [2.24, 2.45) is 0 Å². The molecule has 1 unspecified atom stereocenters. The van der Waals surface area contributed by atoms with Crippen LogP contribution >= 0.6 is 11.3 Å². The number of aryl methyl sites for hydroxylation is 1. The summed E-state index contributed by atoms with van der Waals surface area (Å²) in [7, 11) is -3.44. The van der Waals surface area contributed by atoms with Gasteiger partial charge in [-0.05, 0) is 49.1 Å². The topological polar surface area (TPSA) is 104 Å². The van der Waals surface area contributed by atoms with Crippen molar-refractivity contribution >= 4 is 27.3 Å². The van der Waals surface area contributed by atoms with Crippen LogP contribution in [0.1, 0.15) is 33.0 Å². The number of benzene rings is 1. The Hall–Kier alpha value is -2.41. The molecule has 7 nitrogen and oxygen atoms in total. The molecule has 186 valence electrons. The molecule has 0 spiro atoms. The van der Waals surface area contributed by atoms with Gasteiger partial charge in [0.25, 0.3) is 0 Å². The Morgan fingerprint density at radius 1 is 1.29 bits per heavy atom. The fraction of sp³-hybridized carbons (Fsp3) is 0.409. The minimum atomic E-state index is -4.81. The molecule has 1 saturated heterocycles. The third kappa shape index (κ3) is 7.55. The fourth-order valence-electron chi connectivity index (χ4n) is 3.71. The number of rotatable bonds is 10. The molecule has 0 saturated carbocycles. The van der Waals surface area contributed by atoms with Crippen LogP contribution in [-0.2, 0) is 22.9 Å². The zero-order chi connectivity index (χ0) is 24.9. The summed E-state index contributed by atoms with van der Waals surface area (Å²) in [6.07, 6.45) is -1.31. The van der Waals surface area contributed by atoms with Gasteiger partial charge in [-0.1, -0.05) is 24.3 Å². The van der Waals surface area contributed by atoms with Crippen molar-refractivity contribution in [3.63, 3.8) is 0 Å². The Morgan fingerprint density at radius 2 is 2.06 bits per heavy atom. The molecule has 2 atom stereocenters. The van der Waals surface area contributed by atoms with Crippen LogP contribution in [0, 0.1) is 0 Å². The third-order valence-corrected chi connectivity index (χ3v) is 8.26. The smallest absolute Gasteiger partial charge is 0.477 e. The Kier molecular flexibility index (Phi) is 8.39. The van der Waals surface area contributed by atoms with Crippen LogP contribution in [0.3, 0.4) is 0 Å². The number of nitrogens with zero attached hydrogens (tertiary/aromatic N) is 1. The molecule has 0 aliphatic carbocycles. The van der Waals surface area contributed by atoms with Gasteiger partial charge in [0.2, 0.25) is 10.0 Å². The van der Waals surface area contributed by atoms with E-state index in [0.717, 1.165) is 16.2 Å². The number of carboxylic acid groups (broad SMARTS) is 1. The zero-order valence-corrected chi connectivity index (χ0v) is 19.6. The highest BCUT2D eigenvalue weighted by Crippen LogP contribution is 2.26. The molecule has 2 aromatic rings. The normalized spacial score (nSPS) is 19.5. The highest BCUT2D eigenvalue weighted by molar-refractivity contribution is 7.89. The number of aromatic carboxylic acids is 1. The van der Waals surface area contributed by atoms with Crippen molar-refractivity contribution < 1.29 is 41.3 Å². The van der Waals surface area contributed by atoms with E-state index in [-0.39, 0.29) is 29.3 Å². The average Bonchev–Trinajstić information content (AvgIpc) is 3.30. The van der Waals surface area contributed by atoms with E-state index in [2.05, 4.69) is 4.74 Å². The molecular formula is C22H24F3NO6S2. The average molecular weight is 520 g/mol. The van der Waals surface area contributed by atoms with Crippen LogP contribution < -0.4 is 4.74 Å². The third-order valence-electron chi connectivity index (χ3n) is 5.21. The van der Waals surface area contributed by atoms with Crippen molar-refractivity contribution in [3.8, 4) is 5.75 Å². The molecule has 3 rings (SSSR count). The summed E-state index contributed by atoms with van der Waals surface area (Å²) in [6, 6.07) is 8.12. The molecule has 0 amide bonds. The minimum Gasteiger partial charge on any atom is -0.477 e. The number of aliphatic hydroxyl groups is 1. The molecule has 1 aromatic carbocycles. The monoisotopic (exact) mass is 519 g/mol. The van der Waals surface area contributed by atoms with Gasteiger partial charge in [0.05, 0.1) is 11.9 Å². The summed E-state index contributed by atoms with van der Waals surface area (Å²) in [5.74, 6) is -1.39. The molecule has 34 heavy (non-hydrogen) atoms. The molecule has 0 radical (unpaired) electrons. The summed E-state index contributed by atoms with van der Waals surface area (Å²) >= 11 is 1.16. The number of sulfonamides is 1. The Bertz CT molecular complexity index is 1130. The van der Waals surface area contributed by atoms with Gasteiger partial charge in [-0.3, -0.25) is 0 Å². The number of alkyl halides is 3. The van der Waals surface area contributed by atoms with Crippen LogP contribution in [0.5, 0.6) is 5.75 Å². The molecule has 0 bridgehead atoms. The first-order valence-corrected chi connectivity index (χ1v) is 12.9. The Labute approximate surface area is 199 Å². The molecule has 12 heteroatoms. The van der Waals surface area contributed by atoms with E-state index < -0.39 is 34.5 Å². The summed E-state index contributed by atoms with van der Waals surface area (Å²) in [5, 5.41) is 19.3. The number of hydrogen-bond donors (Lipinski definition) is 2. The largest absolute Gasteiger partial charge is 0.573 e.